The van der Waals surface area contributed by atoms with E-state index in [0.29, 0.717) is 21.3 Å². The van der Waals surface area contributed by atoms with Gasteiger partial charge in [0, 0.05) is 23.1 Å². The number of carbonyl (C=O) groups is 1. The zero-order chi connectivity index (χ0) is 16.2. The quantitative estimate of drug-likeness (QED) is 0.761. The van der Waals surface area contributed by atoms with Crippen molar-refractivity contribution in [2.75, 3.05) is 18.0 Å². The first-order chi connectivity index (χ1) is 11.2. The van der Waals surface area contributed by atoms with Crippen molar-refractivity contribution in [3.8, 4) is 17.7 Å². The monoisotopic (exact) mass is 371 g/mol. The summed E-state index contributed by atoms with van der Waals surface area (Å²) in [5.74, 6) is 1.54. The van der Waals surface area contributed by atoms with Crippen LogP contribution in [0.5, 0.6) is 11.6 Å². The summed E-state index contributed by atoms with van der Waals surface area (Å²) in [6.45, 7) is 1.93. The third-order valence-corrected chi connectivity index (χ3v) is 4.43. The van der Waals surface area contributed by atoms with Gasteiger partial charge in [-0.05, 0) is 43.2 Å². The van der Waals surface area contributed by atoms with Crippen LogP contribution in [0.1, 0.15) is 28.8 Å². The molecule has 0 spiro atoms. The molecule has 0 atom stereocenters. The minimum Gasteiger partial charge on any atom is -0.438 e. The highest BCUT2D eigenvalue weighted by Crippen LogP contribution is 2.29. The third kappa shape index (κ3) is 3.35. The number of benzene rings is 1. The molecular formula is C17H14BrN3O2. The molecule has 0 amide bonds. The van der Waals surface area contributed by atoms with Gasteiger partial charge in [0.05, 0.1) is 0 Å². The van der Waals surface area contributed by atoms with Crippen LogP contribution in [0.3, 0.4) is 0 Å². The minimum absolute atomic E-state index is 0.260. The average molecular weight is 372 g/mol. The lowest BCUT2D eigenvalue weighted by molar-refractivity contribution is 0.112. The van der Waals surface area contributed by atoms with E-state index in [2.05, 4.69) is 31.9 Å². The molecule has 0 aliphatic carbocycles. The third-order valence-electron chi connectivity index (χ3n) is 3.71. The van der Waals surface area contributed by atoms with Crippen LogP contribution in [-0.4, -0.2) is 24.4 Å². The van der Waals surface area contributed by atoms with E-state index in [0.717, 1.165) is 38.0 Å². The van der Waals surface area contributed by atoms with E-state index in [1.807, 2.05) is 6.07 Å². The summed E-state index contributed by atoms with van der Waals surface area (Å²) in [6, 6.07) is 10.7. The average Bonchev–Trinajstić information content (AvgIpc) is 3.11. The highest BCUT2D eigenvalue weighted by atomic mass is 79.9. The Bertz CT molecular complexity index is 780. The maximum atomic E-state index is 11.0. The van der Waals surface area contributed by atoms with Crippen LogP contribution in [-0.2, 0) is 0 Å². The SMILES string of the molecule is N#Cc1ccc(N2CCCC2)nc1Oc1ccc(Br)c(C=O)c1. The Morgan fingerprint density at radius 2 is 2.04 bits per heavy atom. The number of halogens is 1. The topological polar surface area (TPSA) is 66.2 Å². The summed E-state index contributed by atoms with van der Waals surface area (Å²) in [4.78, 5) is 17.7. The van der Waals surface area contributed by atoms with Crippen LogP contribution in [0.15, 0.2) is 34.8 Å². The number of nitrogens with zero attached hydrogens (tertiary/aromatic N) is 3. The molecule has 0 saturated carbocycles. The van der Waals surface area contributed by atoms with Crippen molar-refractivity contribution in [3.05, 3.63) is 45.9 Å². The lowest BCUT2D eigenvalue weighted by Gasteiger charge is -2.17. The van der Waals surface area contributed by atoms with Gasteiger partial charge in [-0.15, -0.1) is 0 Å². The molecule has 2 aromatic rings. The van der Waals surface area contributed by atoms with Crippen LogP contribution in [0.2, 0.25) is 0 Å². The van der Waals surface area contributed by atoms with Gasteiger partial charge in [-0.3, -0.25) is 4.79 Å². The molecule has 0 radical (unpaired) electrons. The predicted molar refractivity (Wildman–Crippen MR) is 90.0 cm³/mol. The van der Waals surface area contributed by atoms with E-state index >= 15 is 0 Å². The summed E-state index contributed by atoms with van der Waals surface area (Å²) in [7, 11) is 0. The van der Waals surface area contributed by atoms with Gasteiger partial charge in [-0.2, -0.15) is 10.2 Å². The Balaban J connectivity index is 1.93. The highest BCUT2D eigenvalue weighted by Gasteiger charge is 2.16. The van der Waals surface area contributed by atoms with Crippen LogP contribution >= 0.6 is 15.9 Å². The van der Waals surface area contributed by atoms with Crippen molar-refractivity contribution in [2.24, 2.45) is 0 Å². The molecule has 1 aromatic carbocycles. The van der Waals surface area contributed by atoms with Crippen LogP contribution < -0.4 is 9.64 Å². The number of aromatic nitrogens is 1. The van der Waals surface area contributed by atoms with Crippen LogP contribution in [0.4, 0.5) is 5.82 Å². The first kappa shape index (κ1) is 15.5. The first-order valence-corrected chi connectivity index (χ1v) is 8.09. The zero-order valence-electron chi connectivity index (χ0n) is 12.3. The van der Waals surface area contributed by atoms with Crippen LogP contribution in [0, 0.1) is 11.3 Å². The van der Waals surface area contributed by atoms with Crippen molar-refractivity contribution in [2.45, 2.75) is 12.8 Å². The number of carbonyl (C=O) groups excluding carboxylic acids is 1. The molecule has 5 nitrogen and oxygen atoms in total. The summed E-state index contributed by atoms with van der Waals surface area (Å²) >= 11 is 3.30. The molecule has 1 aromatic heterocycles. The van der Waals surface area contributed by atoms with Gasteiger partial charge >= 0.3 is 0 Å². The zero-order valence-corrected chi connectivity index (χ0v) is 13.9. The van der Waals surface area contributed by atoms with Crippen LogP contribution in [0.25, 0.3) is 0 Å². The molecule has 0 unspecified atom stereocenters. The second-order valence-electron chi connectivity index (χ2n) is 5.23. The molecule has 23 heavy (non-hydrogen) atoms. The number of rotatable bonds is 4. The van der Waals surface area contributed by atoms with Gasteiger partial charge in [-0.1, -0.05) is 15.9 Å². The summed E-state index contributed by atoms with van der Waals surface area (Å²) in [6.07, 6.45) is 3.04. The number of hydrogen-bond acceptors (Lipinski definition) is 5. The Hall–Kier alpha value is -2.39. The van der Waals surface area contributed by atoms with Crippen molar-refractivity contribution in [1.29, 1.82) is 5.26 Å². The molecular weight excluding hydrogens is 358 g/mol. The number of aldehydes is 1. The van der Waals surface area contributed by atoms with Crippen molar-refractivity contribution in [3.63, 3.8) is 0 Å². The summed E-state index contributed by atoms with van der Waals surface area (Å²) < 4.78 is 6.45. The van der Waals surface area contributed by atoms with E-state index in [9.17, 15) is 10.1 Å². The summed E-state index contributed by atoms with van der Waals surface area (Å²) in [5, 5.41) is 9.25. The molecule has 1 fully saturated rings. The van der Waals surface area contributed by atoms with Gasteiger partial charge in [0.1, 0.15) is 23.2 Å². The molecule has 3 rings (SSSR count). The van der Waals surface area contributed by atoms with E-state index in [1.165, 1.54) is 0 Å². The maximum Gasteiger partial charge on any atom is 0.239 e. The van der Waals surface area contributed by atoms with Crippen molar-refractivity contribution >= 4 is 28.0 Å². The lowest BCUT2D eigenvalue weighted by atomic mass is 10.2. The molecule has 116 valence electrons. The first-order valence-electron chi connectivity index (χ1n) is 7.30. The van der Waals surface area contributed by atoms with E-state index in [-0.39, 0.29) is 5.88 Å². The smallest absolute Gasteiger partial charge is 0.239 e. The number of nitriles is 1. The van der Waals surface area contributed by atoms with Gasteiger partial charge in [-0.25, -0.2) is 0 Å². The lowest BCUT2D eigenvalue weighted by Crippen LogP contribution is -2.19. The number of pyridine rings is 1. The minimum atomic E-state index is 0.260. The highest BCUT2D eigenvalue weighted by molar-refractivity contribution is 9.10. The molecule has 0 bridgehead atoms. The maximum absolute atomic E-state index is 11.0. The van der Waals surface area contributed by atoms with E-state index in [1.54, 1.807) is 24.3 Å². The Labute approximate surface area is 142 Å². The fourth-order valence-corrected chi connectivity index (χ4v) is 2.84. The molecule has 1 aliphatic rings. The van der Waals surface area contributed by atoms with Gasteiger partial charge in [0.25, 0.3) is 0 Å². The summed E-state index contributed by atoms with van der Waals surface area (Å²) in [5.41, 5.74) is 0.847. The van der Waals surface area contributed by atoms with Gasteiger partial charge in [0.15, 0.2) is 6.29 Å². The number of ether oxygens (including phenoxy) is 1. The second-order valence-corrected chi connectivity index (χ2v) is 6.09. The van der Waals surface area contributed by atoms with Crippen molar-refractivity contribution in [1.82, 2.24) is 4.98 Å². The second kappa shape index (κ2) is 6.80. The molecule has 6 heteroatoms. The standard InChI is InChI=1S/C17H14BrN3O2/c18-15-5-4-14(9-13(15)11-22)23-17-12(10-19)3-6-16(20-17)21-7-1-2-8-21/h3-6,9,11H,1-2,7-8H2. The number of anilines is 1. The largest absolute Gasteiger partial charge is 0.438 e. The fraction of sp³-hybridized carbons (Fsp3) is 0.235. The molecule has 0 N–H and O–H groups in total. The Kier molecular flexibility index (Phi) is 4.58. The molecule has 1 saturated heterocycles. The fourth-order valence-electron chi connectivity index (χ4n) is 2.50. The Morgan fingerprint density at radius 1 is 1.26 bits per heavy atom. The van der Waals surface area contributed by atoms with E-state index < -0.39 is 0 Å². The number of hydrogen-bond donors (Lipinski definition) is 0. The normalized spacial score (nSPS) is 13.7. The van der Waals surface area contributed by atoms with Gasteiger partial charge in [0.2, 0.25) is 5.88 Å². The predicted octanol–water partition coefficient (Wildman–Crippen LogP) is 3.92. The molecule has 1 aliphatic heterocycles. The van der Waals surface area contributed by atoms with Gasteiger partial charge < -0.3 is 9.64 Å². The van der Waals surface area contributed by atoms with Crippen molar-refractivity contribution < 1.29 is 9.53 Å². The van der Waals surface area contributed by atoms with E-state index in [4.69, 9.17) is 4.74 Å². The molecule has 2 heterocycles. The Morgan fingerprint density at radius 3 is 2.74 bits per heavy atom.